The van der Waals surface area contributed by atoms with Crippen LogP contribution in [0.4, 0.5) is 0 Å². The van der Waals surface area contributed by atoms with Crippen molar-refractivity contribution in [3.8, 4) is 11.1 Å². The van der Waals surface area contributed by atoms with Gasteiger partial charge in [-0.05, 0) is 58.1 Å². The molecule has 0 saturated carbocycles. The van der Waals surface area contributed by atoms with Crippen LogP contribution in [0.25, 0.3) is 11.1 Å². The zero-order valence-electron chi connectivity index (χ0n) is 14.8. The first-order chi connectivity index (χ1) is 13.0. The summed E-state index contributed by atoms with van der Waals surface area (Å²) in [5.41, 5.74) is 3.97. The van der Waals surface area contributed by atoms with Crippen molar-refractivity contribution in [1.82, 2.24) is 10.0 Å². The molecule has 0 unspecified atom stereocenters. The van der Waals surface area contributed by atoms with Crippen molar-refractivity contribution in [2.45, 2.75) is 18.4 Å². The lowest BCUT2D eigenvalue weighted by Crippen LogP contribution is -2.36. The Kier molecular flexibility index (Phi) is 6.05. The summed E-state index contributed by atoms with van der Waals surface area (Å²) in [5, 5.41) is 6.83. The number of sulfonamides is 1. The Morgan fingerprint density at radius 3 is 2.63 bits per heavy atom. The zero-order valence-corrected chi connectivity index (χ0v) is 16.4. The molecule has 140 valence electrons. The molecule has 2 aromatic carbocycles. The van der Waals surface area contributed by atoms with Crippen LogP contribution in [0.15, 0.2) is 70.3 Å². The van der Waals surface area contributed by atoms with Crippen LogP contribution in [-0.2, 0) is 21.4 Å². The molecule has 0 atom stereocenters. The van der Waals surface area contributed by atoms with E-state index in [2.05, 4.69) is 15.4 Å². The third-order valence-corrected chi connectivity index (χ3v) is 6.13. The van der Waals surface area contributed by atoms with Gasteiger partial charge in [-0.25, -0.2) is 13.1 Å². The maximum Gasteiger partial charge on any atom is 0.241 e. The number of carbonyl (C=O) groups is 1. The molecule has 0 bridgehead atoms. The molecule has 5 nitrogen and oxygen atoms in total. The SMILES string of the molecule is Cc1cccc(S(=O)(=O)NCC(=O)NCc2ccccc2-c2ccsc2)c1. The van der Waals surface area contributed by atoms with Gasteiger partial charge in [0.1, 0.15) is 0 Å². The zero-order chi connectivity index (χ0) is 19.3. The van der Waals surface area contributed by atoms with Crippen molar-refractivity contribution in [2.75, 3.05) is 6.54 Å². The van der Waals surface area contributed by atoms with Gasteiger partial charge in [-0.3, -0.25) is 4.79 Å². The number of hydrogen-bond donors (Lipinski definition) is 2. The number of aryl methyl sites for hydroxylation is 1. The number of benzene rings is 2. The predicted molar refractivity (Wildman–Crippen MR) is 108 cm³/mol. The molecule has 1 heterocycles. The van der Waals surface area contributed by atoms with Gasteiger partial charge in [0.2, 0.25) is 15.9 Å². The molecule has 2 N–H and O–H groups in total. The fraction of sp³-hybridized carbons (Fsp3) is 0.150. The standard InChI is InChI=1S/C20H20N2O3S2/c1-15-5-4-7-18(11-15)27(24,25)22-13-20(23)21-12-16-6-2-3-8-19(16)17-9-10-26-14-17/h2-11,14,22H,12-13H2,1H3,(H,21,23). The first-order valence-electron chi connectivity index (χ1n) is 8.39. The van der Waals surface area contributed by atoms with Gasteiger partial charge in [0.25, 0.3) is 0 Å². The molecular weight excluding hydrogens is 380 g/mol. The van der Waals surface area contributed by atoms with E-state index in [0.717, 1.165) is 22.3 Å². The van der Waals surface area contributed by atoms with E-state index in [1.807, 2.05) is 48.7 Å². The molecule has 1 aromatic heterocycles. The van der Waals surface area contributed by atoms with Crippen molar-refractivity contribution >= 4 is 27.3 Å². The maximum absolute atomic E-state index is 12.3. The van der Waals surface area contributed by atoms with E-state index in [9.17, 15) is 13.2 Å². The highest BCUT2D eigenvalue weighted by Crippen LogP contribution is 2.25. The van der Waals surface area contributed by atoms with E-state index in [-0.39, 0.29) is 17.3 Å². The van der Waals surface area contributed by atoms with Crippen molar-refractivity contribution in [3.05, 3.63) is 76.5 Å². The van der Waals surface area contributed by atoms with Crippen molar-refractivity contribution in [1.29, 1.82) is 0 Å². The predicted octanol–water partition coefficient (Wildman–Crippen LogP) is 3.32. The van der Waals surface area contributed by atoms with Crippen LogP contribution >= 0.6 is 11.3 Å². The molecule has 27 heavy (non-hydrogen) atoms. The third kappa shape index (κ3) is 5.03. The molecule has 0 aliphatic heterocycles. The Morgan fingerprint density at radius 1 is 1.07 bits per heavy atom. The maximum atomic E-state index is 12.3. The normalized spacial score (nSPS) is 11.3. The fourth-order valence-corrected chi connectivity index (χ4v) is 4.40. The largest absolute Gasteiger partial charge is 0.351 e. The number of nitrogens with one attached hydrogen (secondary N) is 2. The Bertz CT molecular complexity index is 1030. The van der Waals surface area contributed by atoms with E-state index in [0.29, 0.717) is 6.54 Å². The summed E-state index contributed by atoms with van der Waals surface area (Å²) in [6.45, 7) is 1.84. The van der Waals surface area contributed by atoms with Gasteiger partial charge >= 0.3 is 0 Å². The summed E-state index contributed by atoms with van der Waals surface area (Å²) in [6.07, 6.45) is 0. The molecular formula is C20H20N2O3S2. The van der Waals surface area contributed by atoms with Crippen LogP contribution in [0.1, 0.15) is 11.1 Å². The highest BCUT2D eigenvalue weighted by atomic mass is 32.2. The Hall–Kier alpha value is -2.48. The van der Waals surface area contributed by atoms with E-state index in [1.165, 1.54) is 6.07 Å². The molecule has 3 rings (SSSR count). The molecule has 0 aliphatic rings. The van der Waals surface area contributed by atoms with Crippen LogP contribution in [0.3, 0.4) is 0 Å². The van der Waals surface area contributed by atoms with Crippen LogP contribution in [0.5, 0.6) is 0 Å². The van der Waals surface area contributed by atoms with Crippen molar-refractivity contribution in [3.63, 3.8) is 0 Å². The van der Waals surface area contributed by atoms with Gasteiger partial charge in [-0.1, -0.05) is 36.4 Å². The smallest absolute Gasteiger partial charge is 0.241 e. The molecule has 0 radical (unpaired) electrons. The second kappa shape index (κ2) is 8.47. The van der Waals surface area contributed by atoms with Crippen LogP contribution in [0, 0.1) is 6.92 Å². The van der Waals surface area contributed by atoms with E-state index in [1.54, 1.807) is 23.5 Å². The summed E-state index contributed by atoms with van der Waals surface area (Å²) >= 11 is 1.61. The first kappa shape index (κ1) is 19.3. The van der Waals surface area contributed by atoms with Crippen LogP contribution in [0.2, 0.25) is 0 Å². The number of carbonyl (C=O) groups excluding carboxylic acids is 1. The average Bonchev–Trinajstić information content (AvgIpc) is 3.19. The Morgan fingerprint density at radius 2 is 1.89 bits per heavy atom. The summed E-state index contributed by atoms with van der Waals surface area (Å²) < 4.78 is 26.9. The highest BCUT2D eigenvalue weighted by Gasteiger charge is 2.15. The summed E-state index contributed by atoms with van der Waals surface area (Å²) in [4.78, 5) is 12.3. The van der Waals surface area contributed by atoms with E-state index >= 15 is 0 Å². The lowest BCUT2D eigenvalue weighted by molar-refractivity contribution is -0.120. The minimum Gasteiger partial charge on any atom is -0.351 e. The monoisotopic (exact) mass is 400 g/mol. The third-order valence-electron chi connectivity index (χ3n) is 4.05. The Balaban J connectivity index is 1.60. The summed E-state index contributed by atoms with van der Waals surface area (Å²) in [6, 6.07) is 16.4. The van der Waals surface area contributed by atoms with Gasteiger partial charge < -0.3 is 5.32 Å². The second-order valence-electron chi connectivity index (χ2n) is 6.09. The topological polar surface area (TPSA) is 75.3 Å². The summed E-state index contributed by atoms with van der Waals surface area (Å²) in [5.74, 6) is -0.383. The molecule has 0 fully saturated rings. The molecule has 0 spiro atoms. The minimum atomic E-state index is -3.71. The van der Waals surface area contributed by atoms with E-state index < -0.39 is 10.0 Å². The van der Waals surface area contributed by atoms with Gasteiger partial charge in [-0.2, -0.15) is 11.3 Å². The molecule has 3 aromatic rings. The lowest BCUT2D eigenvalue weighted by Gasteiger charge is -2.11. The van der Waals surface area contributed by atoms with Gasteiger partial charge in [0.15, 0.2) is 0 Å². The van der Waals surface area contributed by atoms with Crippen LogP contribution in [-0.4, -0.2) is 20.9 Å². The fourth-order valence-electron chi connectivity index (χ4n) is 2.66. The van der Waals surface area contributed by atoms with E-state index in [4.69, 9.17) is 0 Å². The molecule has 0 aliphatic carbocycles. The van der Waals surface area contributed by atoms with Crippen LogP contribution < -0.4 is 10.0 Å². The molecule has 0 saturated heterocycles. The van der Waals surface area contributed by atoms with Crippen molar-refractivity contribution in [2.24, 2.45) is 0 Å². The molecule has 7 heteroatoms. The first-order valence-corrected chi connectivity index (χ1v) is 10.8. The van der Waals surface area contributed by atoms with Gasteiger partial charge in [-0.15, -0.1) is 0 Å². The lowest BCUT2D eigenvalue weighted by atomic mass is 10.0. The number of rotatable bonds is 7. The van der Waals surface area contributed by atoms with Gasteiger partial charge in [0.05, 0.1) is 11.4 Å². The number of amides is 1. The molecule has 1 amide bonds. The quantitative estimate of drug-likeness (QED) is 0.639. The number of hydrogen-bond acceptors (Lipinski definition) is 4. The van der Waals surface area contributed by atoms with Gasteiger partial charge in [0, 0.05) is 6.54 Å². The summed E-state index contributed by atoms with van der Waals surface area (Å²) in [7, 11) is -3.71. The highest BCUT2D eigenvalue weighted by molar-refractivity contribution is 7.89. The number of thiophene rings is 1. The Labute approximate surface area is 163 Å². The minimum absolute atomic E-state index is 0.151. The second-order valence-corrected chi connectivity index (χ2v) is 8.63. The van der Waals surface area contributed by atoms with Crippen molar-refractivity contribution < 1.29 is 13.2 Å². The average molecular weight is 401 g/mol.